The summed E-state index contributed by atoms with van der Waals surface area (Å²) in [5, 5.41) is 0.201. The van der Waals surface area contributed by atoms with Crippen molar-refractivity contribution in [2.45, 2.75) is 19.9 Å². The summed E-state index contributed by atoms with van der Waals surface area (Å²) in [6.07, 6.45) is 0. The van der Waals surface area contributed by atoms with Crippen molar-refractivity contribution in [3.63, 3.8) is 0 Å². The zero-order valence-electron chi connectivity index (χ0n) is 11.5. The van der Waals surface area contributed by atoms with Crippen LogP contribution in [0.2, 0.25) is 5.28 Å². The van der Waals surface area contributed by atoms with Crippen LogP contribution in [0.3, 0.4) is 0 Å². The smallest absolute Gasteiger partial charge is 0.231 e. The van der Waals surface area contributed by atoms with Gasteiger partial charge < -0.3 is 14.5 Å². The van der Waals surface area contributed by atoms with Gasteiger partial charge in [-0.05, 0) is 25.4 Å². The number of anilines is 2. The minimum absolute atomic E-state index is 0.175. The molecule has 6 nitrogen and oxygen atoms in total. The molecule has 0 radical (unpaired) electrons. The highest BCUT2D eigenvalue weighted by molar-refractivity contribution is 6.28. The summed E-state index contributed by atoms with van der Waals surface area (Å²) in [4.78, 5) is 16.5. The summed E-state index contributed by atoms with van der Waals surface area (Å²) in [6, 6.07) is 0.175. The quantitative estimate of drug-likeness (QED) is 0.782. The fourth-order valence-corrected chi connectivity index (χ4v) is 1.79. The number of methoxy groups -OCH3 is 1. The van der Waals surface area contributed by atoms with Crippen molar-refractivity contribution in [3.8, 4) is 0 Å². The molecule has 0 saturated heterocycles. The van der Waals surface area contributed by atoms with Gasteiger partial charge in [-0.25, -0.2) is 0 Å². The summed E-state index contributed by atoms with van der Waals surface area (Å²) in [6.45, 7) is 5.48. The van der Waals surface area contributed by atoms with Crippen LogP contribution in [-0.2, 0) is 4.74 Å². The van der Waals surface area contributed by atoms with Gasteiger partial charge in [0.2, 0.25) is 17.2 Å². The third kappa shape index (κ3) is 3.68. The molecule has 1 rings (SSSR count). The molecule has 1 atom stereocenters. The minimum Gasteiger partial charge on any atom is -0.383 e. The molecule has 102 valence electrons. The van der Waals surface area contributed by atoms with E-state index in [-0.39, 0.29) is 11.3 Å². The molecule has 1 unspecified atom stereocenters. The Bertz CT molecular complexity index is 388. The Morgan fingerprint density at radius 2 is 1.83 bits per heavy atom. The topological polar surface area (TPSA) is 54.4 Å². The monoisotopic (exact) mass is 273 g/mol. The van der Waals surface area contributed by atoms with Gasteiger partial charge in [0.15, 0.2) is 0 Å². The number of likely N-dealkylation sites (N-methyl/N-ethyl adjacent to an activating group) is 1. The molecule has 0 fully saturated rings. The maximum absolute atomic E-state index is 5.93. The number of rotatable bonds is 6. The lowest BCUT2D eigenvalue weighted by atomic mass is 10.3. The molecule has 0 aromatic carbocycles. The number of aromatic nitrogens is 3. The predicted octanol–water partition coefficient (Wildman–Crippen LogP) is 1.45. The van der Waals surface area contributed by atoms with Crippen molar-refractivity contribution < 1.29 is 4.74 Å². The van der Waals surface area contributed by atoms with E-state index in [0.29, 0.717) is 18.5 Å². The fraction of sp³-hybridized carbons (Fsp3) is 0.727. The molecule has 1 heterocycles. The third-order valence-electron chi connectivity index (χ3n) is 2.52. The van der Waals surface area contributed by atoms with Gasteiger partial charge in [0.05, 0.1) is 12.6 Å². The zero-order valence-corrected chi connectivity index (χ0v) is 12.3. The second-order valence-corrected chi connectivity index (χ2v) is 4.53. The second kappa shape index (κ2) is 6.70. The summed E-state index contributed by atoms with van der Waals surface area (Å²) in [5.41, 5.74) is 0. The highest BCUT2D eigenvalue weighted by atomic mass is 35.5. The lowest BCUT2D eigenvalue weighted by Crippen LogP contribution is -2.37. The van der Waals surface area contributed by atoms with Crippen molar-refractivity contribution in [1.29, 1.82) is 0 Å². The SMILES string of the molecule is CCN(c1nc(Cl)nc(N(C)C)n1)C(C)COC. The van der Waals surface area contributed by atoms with Gasteiger partial charge >= 0.3 is 0 Å². The molecule has 1 aromatic rings. The Hall–Kier alpha value is -1.14. The fourth-order valence-electron chi connectivity index (χ4n) is 1.64. The summed E-state index contributed by atoms with van der Waals surface area (Å²) >= 11 is 5.93. The molecule has 0 spiro atoms. The van der Waals surface area contributed by atoms with E-state index in [1.54, 1.807) is 12.0 Å². The number of nitrogens with zero attached hydrogens (tertiary/aromatic N) is 5. The van der Waals surface area contributed by atoms with Crippen LogP contribution in [0.25, 0.3) is 0 Å². The van der Waals surface area contributed by atoms with Crippen LogP contribution in [0.1, 0.15) is 13.8 Å². The van der Waals surface area contributed by atoms with Gasteiger partial charge in [0.1, 0.15) is 0 Å². The first-order chi connectivity index (χ1) is 8.49. The molecule has 0 N–H and O–H groups in total. The van der Waals surface area contributed by atoms with Gasteiger partial charge in [-0.15, -0.1) is 0 Å². The molecule has 7 heteroatoms. The molecule has 0 aliphatic rings. The molecule has 0 amide bonds. The second-order valence-electron chi connectivity index (χ2n) is 4.19. The molecule has 0 bridgehead atoms. The van der Waals surface area contributed by atoms with E-state index in [4.69, 9.17) is 16.3 Å². The van der Waals surface area contributed by atoms with Gasteiger partial charge in [0.25, 0.3) is 0 Å². The van der Waals surface area contributed by atoms with Crippen LogP contribution in [0, 0.1) is 0 Å². The van der Waals surface area contributed by atoms with Crippen LogP contribution in [0.15, 0.2) is 0 Å². The Kier molecular flexibility index (Phi) is 5.55. The van der Waals surface area contributed by atoms with Crippen LogP contribution in [0.4, 0.5) is 11.9 Å². The van der Waals surface area contributed by atoms with Crippen molar-refractivity contribution in [2.24, 2.45) is 0 Å². The van der Waals surface area contributed by atoms with E-state index < -0.39 is 0 Å². The average molecular weight is 274 g/mol. The molecule has 0 saturated carbocycles. The average Bonchev–Trinajstić information content (AvgIpc) is 2.29. The summed E-state index contributed by atoms with van der Waals surface area (Å²) in [5.74, 6) is 1.12. The van der Waals surface area contributed by atoms with Gasteiger partial charge in [0, 0.05) is 27.7 Å². The Morgan fingerprint density at radius 3 is 2.33 bits per heavy atom. The van der Waals surface area contributed by atoms with Crippen LogP contribution in [-0.4, -0.2) is 55.4 Å². The first kappa shape index (κ1) is 14.9. The maximum atomic E-state index is 5.93. The molecule has 0 aliphatic heterocycles. The summed E-state index contributed by atoms with van der Waals surface area (Å²) in [7, 11) is 5.41. The van der Waals surface area contributed by atoms with E-state index >= 15 is 0 Å². The Morgan fingerprint density at radius 1 is 1.22 bits per heavy atom. The van der Waals surface area contributed by atoms with Gasteiger partial charge in [-0.2, -0.15) is 15.0 Å². The molecule has 0 aliphatic carbocycles. The lowest BCUT2D eigenvalue weighted by Gasteiger charge is -2.27. The lowest BCUT2D eigenvalue weighted by molar-refractivity contribution is 0.181. The number of hydrogen-bond acceptors (Lipinski definition) is 6. The van der Waals surface area contributed by atoms with Crippen LogP contribution in [0.5, 0.6) is 0 Å². The Balaban J connectivity index is 3.05. The van der Waals surface area contributed by atoms with Crippen molar-refractivity contribution >= 4 is 23.5 Å². The van der Waals surface area contributed by atoms with E-state index in [0.717, 1.165) is 6.54 Å². The first-order valence-corrected chi connectivity index (χ1v) is 6.21. The first-order valence-electron chi connectivity index (χ1n) is 5.84. The van der Waals surface area contributed by atoms with E-state index in [2.05, 4.69) is 21.9 Å². The van der Waals surface area contributed by atoms with E-state index in [9.17, 15) is 0 Å². The molecular weight excluding hydrogens is 254 g/mol. The highest BCUT2D eigenvalue weighted by Gasteiger charge is 2.17. The van der Waals surface area contributed by atoms with E-state index in [1.807, 2.05) is 25.9 Å². The van der Waals surface area contributed by atoms with Crippen molar-refractivity contribution in [2.75, 3.05) is 44.2 Å². The van der Waals surface area contributed by atoms with Crippen molar-refractivity contribution in [3.05, 3.63) is 5.28 Å². The van der Waals surface area contributed by atoms with Crippen molar-refractivity contribution in [1.82, 2.24) is 15.0 Å². The summed E-state index contributed by atoms with van der Waals surface area (Å²) < 4.78 is 5.16. The third-order valence-corrected chi connectivity index (χ3v) is 2.69. The van der Waals surface area contributed by atoms with E-state index in [1.165, 1.54) is 0 Å². The normalized spacial score (nSPS) is 12.3. The highest BCUT2D eigenvalue weighted by Crippen LogP contribution is 2.17. The zero-order chi connectivity index (χ0) is 13.7. The molecule has 18 heavy (non-hydrogen) atoms. The van der Waals surface area contributed by atoms with Crippen LogP contribution < -0.4 is 9.80 Å². The van der Waals surface area contributed by atoms with Gasteiger partial charge in [-0.3, -0.25) is 0 Å². The van der Waals surface area contributed by atoms with Crippen LogP contribution >= 0.6 is 11.6 Å². The number of ether oxygens (including phenoxy) is 1. The molecular formula is C11H20ClN5O. The maximum Gasteiger partial charge on any atom is 0.231 e. The molecule has 1 aromatic heterocycles. The predicted molar refractivity (Wildman–Crippen MR) is 73.5 cm³/mol. The number of halogens is 1. The van der Waals surface area contributed by atoms with Gasteiger partial charge in [-0.1, -0.05) is 0 Å². The minimum atomic E-state index is 0.175. The largest absolute Gasteiger partial charge is 0.383 e. The number of hydrogen-bond donors (Lipinski definition) is 0. The Labute approximate surface area is 113 Å². The standard InChI is InChI=1S/C11H20ClN5O/c1-6-17(8(2)7-18-5)11-14-9(12)13-10(15-11)16(3)4/h8H,6-7H2,1-5H3.